The van der Waals surface area contributed by atoms with E-state index in [2.05, 4.69) is 118 Å². The van der Waals surface area contributed by atoms with Crippen molar-refractivity contribution in [2.75, 3.05) is 13.2 Å². The maximum Gasteiger partial charge on any atom is 0.306 e. The standard InChI is InChI=1S/C62H100O6/c1-4-7-10-13-16-19-22-25-27-29-31-33-35-37-40-42-45-48-51-54-60(63)66-57-59(68-62(65)56-53-50-47-44-39-24-21-18-15-12-9-6-3)58-67-61(64)55-52-49-46-43-41-38-36-34-32-30-28-26-23-20-17-14-11-8-5-2/h16-17,19-20,25-28,31-34,37-38,40-41,45-46,48-49,59H,4-15,18,21-24,29-30,35-36,39,42-44,47,50-58H2,1-3H3/b19-16-,20-17-,27-25-,28-26-,33-31-,34-32-,40-37-,41-38-,48-45-,49-46-. The summed E-state index contributed by atoms with van der Waals surface area (Å²) in [6.07, 6.45) is 76.3. The lowest BCUT2D eigenvalue weighted by atomic mass is 10.0. The summed E-state index contributed by atoms with van der Waals surface area (Å²) in [5, 5.41) is 0. The van der Waals surface area contributed by atoms with Crippen molar-refractivity contribution in [2.24, 2.45) is 0 Å². The minimum atomic E-state index is -0.839. The van der Waals surface area contributed by atoms with Crippen LogP contribution in [-0.4, -0.2) is 37.2 Å². The van der Waals surface area contributed by atoms with Crippen molar-refractivity contribution in [1.82, 2.24) is 0 Å². The van der Waals surface area contributed by atoms with Gasteiger partial charge in [-0.3, -0.25) is 14.4 Å². The average Bonchev–Trinajstić information content (AvgIpc) is 3.34. The molecule has 0 rings (SSSR count). The molecule has 0 atom stereocenters. The van der Waals surface area contributed by atoms with Gasteiger partial charge < -0.3 is 14.2 Å². The Morgan fingerprint density at radius 3 is 0.882 bits per heavy atom. The Hall–Kier alpha value is -4.19. The van der Waals surface area contributed by atoms with Crippen LogP contribution in [0.2, 0.25) is 0 Å². The number of ether oxygens (including phenoxy) is 3. The molecule has 0 amide bonds. The Morgan fingerprint density at radius 2 is 0.559 bits per heavy atom. The molecule has 0 radical (unpaired) electrons. The van der Waals surface area contributed by atoms with Crippen LogP contribution in [0.15, 0.2) is 122 Å². The molecular formula is C62H100O6. The van der Waals surface area contributed by atoms with Crippen molar-refractivity contribution < 1.29 is 28.6 Å². The smallest absolute Gasteiger partial charge is 0.306 e. The van der Waals surface area contributed by atoms with Crippen molar-refractivity contribution in [1.29, 1.82) is 0 Å². The number of allylic oxidation sites excluding steroid dienone is 20. The van der Waals surface area contributed by atoms with E-state index >= 15 is 0 Å². The van der Waals surface area contributed by atoms with Gasteiger partial charge in [-0.2, -0.15) is 0 Å². The molecule has 0 saturated carbocycles. The van der Waals surface area contributed by atoms with Gasteiger partial charge in [0, 0.05) is 19.3 Å². The van der Waals surface area contributed by atoms with Gasteiger partial charge in [-0.1, -0.05) is 239 Å². The third-order valence-corrected chi connectivity index (χ3v) is 11.2. The van der Waals surface area contributed by atoms with E-state index in [-0.39, 0.29) is 44.0 Å². The summed E-state index contributed by atoms with van der Waals surface area (Å²) in [5.74, 6) is -1.10. The van der Waals surface area contributed by atoms with E-state index in [0.29, 0.717) is 19.3 Å². The third kappa shape index (κ3) is 52.8. The first kappa shape index (κ1) is 63.8. The zero-order valence-corrected chi connectivity index (χ0v) is 43.8. The molecule has 0 fully saturated rings. The SMILES string of the molecule is CCCCC/C=C\C/C=C\C/C=C\C/C=C\C/C=C\CCC(=O)OCC(COC(=O)CC/C=C\C/C=C\C/C=C\C/C=C\C/C=C\CCCCC)OC(=O)CCCCCCCCCCCCCC. The van der Waals surface area contributed by atoms with E-state index in [4.69, 9.17) is 14.2 Å². The van der Waals surface area contributed by atoms with E-state index in [0.717, 1.165) is 70.6 Å². The van der Waals surface area contributed by atoms with E-state index in [1.54, 1.807) is 0 Å². The van der Waals surface area contributed by atoms with E-state index in [9.17, 15) is 14.4 Å². The molecule has 0 aromatic heterocycles. The van der Waals surface area contributed by atoms with Crippen LogP contribution >= 0.6 is 0 Å². The predicted molar refractivity (Wildman–Crippen MR) is 293 cm³/mol. The first-order chi connectivity index (χ1) is 33.5. The lowest BCUT2D eigenvalue weighted by molar-refractivity contribution is -0.166. The molecule has 0 saturated heterocycles. The number of carbonyl (C=O) groups is 3. The topological polar surface area (TPSA) is 78.9 Å². The molecule has 0 N–H and O–H groups in total. The van der Waals surface area contributed by atoms with Gasteiger partial charge in [-0.05, 0) is 96.3 Å². The number of carbonyl (C=O) groups excluding carboxylic acids is 3. The normalized spacial score (nSPS) is 12.6. The largest absolute Gasteiger partial charge is 0.462 e. The van der Waals surface area contributed by atoms with E-state index in [1.807, 2.05) is 24.3 Å². The molecule has 0 aliphatic heterocycles. The van der Waals surface area contributed by atoms with Crippen LogP contribution in [0.3, 0.4) is 0 Å². The van der Waals surface area contributed by atoms with Crippen molar-refractivity contribution in [2.45, 2.75) is 239 Å². The molecule has 0 aromatic carbocycles. The lowest BCUT2D eigenvalue weighted by Gasteiger charge is -2.18. The fourth-order valence-electron chi connectivity index (χ4n) is 7.05. The van der Waals surface area contributed by atoms with Crippen LogP contribution in [0.4, 0.5) is 0 Å². The zero-order valence-electron chi connectivity index (χ0n) is 43.8. The highest BCUT2D eigenvalue weighted by Gasteiger charge is 2.19. The van der Waals surface area contributed by atoms with Crippen molar-refractivity contribution in [3.8, 4) is 0 Å². The van der Waals surface area contributed by atoms with Crippen LogP contribution in [0.25, 0.3) is 0 Å². The zero-order chi connectivity index (χ0) is 49.3. The molecule has 384 valence electrons. The first-order valence-electron chi connectivity index (χ1n) is 27.5. The monoisotopic (exact) mass is 941 g/mol. The van der Waals surface area contributed by atoms with Crippen LogP contribution in [-0.2, 0) is 28.6 Å². The van der Waals surface area contributed by atoms with Gasteiger partial charge in [0.2, 0.25) is 0 Å². The minimum absolute atomic E-state index is 0.142. The number of rotatable bonds is 48. The molecule has 6 nitrogen and oxygen atoms in total. The van der Waals surface area contributed by atoms with Crippen LogP contribution in [0.1, 0.15) is 233 Å². The Kier molecular flexibility index (Phi) is 52.0. The van der Waals surface area contributed by atoms with E-state index in [1.165, 1.54) is 109 Å². The van der Waals surface area contributed by atoms with Gasteiger partial charge in [-0.25, -0.2) is 0 Å². The Labute approximate surface area is 418 Å². The maximum atomic E-state index is 12.8. The fraction of sp³-hybridized carbons (Fsp3) is 0.629. The summed E-state index contributed by atoms with van der Waals surface area (Å²) < 4.78 is 16.7. The van der Waals surface area contributed by atoms with Crippen molar-refractivity contribution in [3.05, 3.63) is 122 Å². The fourth-order valence-corrected chi connectivity index (χ4v) is 7.05. The second kappa shape index (κ2) is 55.4. The van der Waals surface area contributed by atoms with Gasteiger partial charge in [0.1, 0.15) is 13.2 Å². The summed E-state index contributed by atoms with van der Waals surface area (Å²) in [6, 6.07) is 0. The first-order valence-corrected chi connectivity index (χ1v) is 27.5. The maximum absolute atomic E-state index is 12.8. The highest BCUT2D eigenvalue weighted by Crippen LogP contribution is 2.14. The van der Waals surface area contributed by atoms with Gasteiger partial charge in [0.25, 0.3) is 0 Å². The second-order valence-corrected chi connectivity index (χ2v) is 17.8. The summed E-state index contributed by atoms with van der Waals surface area (Å²) in [5.41, 5.74) is 0. The lowest BCUT2D eigenvalue weighted by Crippen LogP contribution is -2.30. The Morgan fingerprint density at radius 1 is 0.294 bits per heavy atom. The summed E-state index contributed by atoms with van der Waals surface area (Å²) in [4.78, 5) is 38.0. The summed E-state index contributed by atoms with van der Waals surface area (Å²) >= 11 is 0. The van der Waals surface area contributed by atoms with Gasteiger partial charge in [0.15, 0.2) is 6.10 Å². The highest BCUT2D eigenvalue weighted by atomic mass is 16.6. The van der Waals surface area contributed by atoms with E-state index < -0.39 is 6.10 Å². The molecule has 0 bridgehead atoms. The van der Waals surface area contributed by atoms with Crippen LogP contribution < -0.4 is 0 Å². The summed E-state index contributed by atoms with van der Waals surface area (Å²) in [7, 11) is 0. The van der Waals surface area contributed by atoms with Crippen LogP contribution in [0, 0.1) is 0 Å². The molecule has 0 aliphatic rings. The van der Waals surface area contributed by atoms with Crippen LogP contribution in [0.5, 0.6) is 0 Å². The summed E-state index contributed by atoms with van der Waals surface area (Å²) in [6.45, 7) is 6.44. The van der Waals surface area contributed by atoms with Crippen molar-refractivity contribution >= 4 is 17.9 Å². The Bertz CT molecular complexity index is 1360. The van der Waals surface area contributed by atoms with Crippen molar-refractivity contribution in [3.63, 3.8) is 0 Å². The molecule has 6 heteroatoms. The highest BCUT2D eigenvalue weighted by molar-refractivity contribution is 5.71. The number of hydrogen-bond donors (Lipinski definition) is 0. The molecule has 0 aromatic rings. The quantitative estimate of drug-likeness (QED) is 0.0262. The molecular weight excluding hydrogens is 841 g/mol. The Balaban J connectivity index is 4.59. The molecule has 0 spiro atoms. The average molecular weight is 941 g/mol. The molecule has 0 unspecified atom stereocenters. The number of hydrogen-bond acceptors (Lipinski definition) is 6. The predicted octanol–water partition coefficient (Wildman–Crippen LogP) is 18.5. The third-order valence-electron chi connectivity index (χ3n) is 11.2. The number of esters is 3. The molecule has 68 heavy (non-hydrogen) atoms. The van der Waals surface area contributed by atoms with Gasteiger partial charge >= 0.3 is 17.9 Å². The number of unbranched alkanes of at least 4 members (excludes halogenated alkanes) is 17. The van der Waals surface area contributed by atoms with Gasteiger partial charge in [0.05, 0.1) is 0 Å². The molecule has 0 aliphatic carbocycles. The van der Waals surface area contributed by atoms with Gasteiger partial charge in [-0.15, -0.1) is 0 Å². The minimum Gasteiger partial charge on any atom is -0.462 e. The second-order valence-electron chi connectivity index (χ2n) is 17.8. The molecule has 0 heterocycles.